The average molecular weight is 361 g/mol. The van der Waals surface area contributed by atoms with Crippen LogP contribution in [0.2, 0.25) is 0 Å². The van der Waals surface area contributed by atoms with Gasteiger partial charge in [0.25, 0.3) is 0 Å². The minimum absolute atomic E-state index is 0.378. The maximum absolute atomic E-state index is 11.8. The third kappa shape index (κ3) is 3.55. The molecule has 6 heteroatoms. The maximum atomic E-state index is 11.8. The highest BCUT2D eigenvalue weighted by molar-refractivity contribution is 5.94. The van der Waals surface area contributed by atoms with Crippen molar-refractivity contribution in [2.75, 3.05) is 12.4 Å². The number of nitrogens with one attached hydrogen (secondary N) is 1. The molecule has 136 valence electrons. The molecule has 0 atom stereocenters. The fourth-order valence-electron chi connectivity index (χ4n) is 3.00. The molecule has 0 fully saturated rings. The Kier molecular flexibility index (Phi) is 4.61. The lowest BCUT2D eigenvalue weighted by Gasteiger charge is -2.10. The Bertz CT molecular complexity index is 1050. The van der Waals surface area contributed by atoms with Gasteiger partial charge in [-0.05, 0) is 35.9 Å². The number of esters is 1. The van der Waals surface area contributed by atoms with Crippen molar-refractivity contribution in [2.24, 2.45) is 0 Å². The van der Waals surface area contributed by atoms with Crippen LogP contribution in [0.3, 0.4) is 0 Å². The van der Waals surface area contributed by atoms with Crippen molar-refractivity contribution >= 4 is 23.0 Å². The number of benzene rings is 2. The van der Waals surface area contributed by atoms with Gasteiger partial charge in [0.2, 0.25) is 5.95 Å². The van der Waals surface area contributed by atoms with Crippen molar-refractivity contribution in [1.29, 1.82) is 0 Å². The number of nitrogens with zero attached hydrogens (tertiary/aromatic N) is 2. The van der Waals surface area contributed by atoms with Crippen LogP contribution < -0.4 is 5.32 Å². The Morgan fingerprint density at radius 2 is 2.00 bits per heavy atom. The third-order valence-electron chi connectivity index (χ3n) is 4.36. The first-order chi connectivity index (χ1) is 13.2. The van der Waals surface area contributed by atoms with E-state index in [-0.39, 0.29) is 5.97 Å². The van der Waals surface area contributed by atoms with Crippen LogP contribution in [0.4, 0.5) is 5.95 Å². The van der Waals surface area contributed by atoms with Crippen LogP contribution in [0.15, 0.2) is 71.3 Å². The Hall–Kier alpha value is -3.54. The van der Waals surface area contributed by atoms with Gasteiger partial charge in [0.1, 0.15) is 5.76 Å². The van der Waals surface area contributed by atoms with Crippen molar-refractivity contribution in [3.05, 3.63) is 83.8 Å². The second kappa shape index (κ2) is 7.37. The largest absolute Gasteiger partial charge is 0.467 e. The number of anilines is 1. The standard InChI is InChI=1S/C21H19N3O3/c1-26-20(25)16-9-10-19-18(12-16)23-21(22-13-15-6-3-2-4-7-15)24(19)14-17-8-5-11-27-17/h2-12H,13-14H2,1H3,(H,22,23). The summed E-state index contributed by atoms with van der Waals surface area (Å²) in [5, 5.41) is 3.39. The molecule has 4 aromatic rings. The third-order valence-corrected chi connectivity index (χ3v) is 4.36. The number of carbonyl (C=O) groups is 1. The van der Waals surface area contributed by atoms with Crippen LogP contribution in [0.25, 0.3) is 11.0 Å². The van der Waals surface area contributed by atoms with E-state index in [1.807, 2.05) is 41.0 Å². The molecule has 0 unspecified atom stereocenters. The van der Waals surface area contributed by atoms with Crippen LogP contribution in [-0.2, 0) is 17.8 Å². The molecule has 0 radical (unpaired) electrons. The average Bonchev–Trinajstić information content (AvgIpc) is 3.34. The monoisotopic (exact) mass is 361 g/mol. The van der Waals surface area contributed by atoms with E-state index in [0.29, 0.717) is 24.6 Å². The zero-order chi connectivity index (χ0) is 18.6. The highest BCUT2D eigenvalue weighted by atomic mass is 16.5. The first-order valence-electron chi connectivity index (χ1n) is 8.63. The van der Waals surface area contributed by atoms with E-state index in [4.69, 9.17) is 9.15 Å². The summed E-state index contributed by atoms with van der Waals surface area (Å²) in [5.41, 5.74) is 3.27. The number of ether oxygens (including phenoxy) is 1. The molecule has 2 aromatic carbocycles. The predicted octanol–water partition coefficient (Wildman–Crippen LogP) is 4.08. The molecule has 27 heavy (non-hydrogen) atoms. The molecule has 6 nitrogen and oxygen atoms in total. The molecule has 0 aliphatic carbocycles. The molecular weight excluding hydrogens is 342 g/mol. The van der Waals surface area contributed by atoms with Gasteiger partial charge >= 0.3 is 5.97 Å². The van der Waals surface area contributed by atoms with Crippen molar-refractivity contribution in [2.45, 2.75) is 13.1 Å². The predicted molar refractivity (Wildman–Crippen MR) is 103 cm³/mol. The van der Waals surface area contributed by atoms with Crippen LogP contribution in [0.5, 0.6) is 0 Å². The number of aromatic nitrogens is 2. The molecule has 0 amide bonds. The maximum Gasteiger partial charge on any atom is 0.337 e. The number of imidazole rings is 1. The summed E-state index contributed by atoms with van der Waals surface area (Å²) in [7, 11) is 1.37. The summed E-state index contributed by atoms with van der Waals surface area (Å²) in [4.78, 5) is 16.5. The van der Waals surface area contributed by atoms with Crippen molar-refractivity contribution < 1.29 is 13.9 Å². The van der Waals surface area contributed by atoms with E-state index in [9.17, 15) is 4.79 Å². The number of hydrogen-bond acceptors (Lipinski definition) is 5. The Labute approximate surface area is 156 Å². The summed E-state index contributed by atoms with van der Waals surface area (Å²) in [5.74, 6) is 1.16. The fraction of sp³-hybridized carbons (Fsp3) is 0.143. The van der Waals surface area contributed by atoms with Crippen molar-refractivity contribution in [1.82, 2.24) is 9.55 Å². The molecule has 0 saturated heterocycles. The van der Waals surface area contributed by atoms with Gasteiger partial charge < -0.3 is 19.0 Å². The van der Waals surface area contributed by atoms with Crippen LogP contribution in [-0.4, -0.2) is 22.6 Å². The molecule has 2 heterocycles. The number of furan rings is 1. The van der Waals surface area contributed by atoms with Gasteiger partial charge in [-0.1, -0.05) is 30.3 Å². The van der Waals surface area contributed by atoms with Gasteiger partial charge in [0, 0.05) is 6.54 Å². The zero-order valence-corrected chi connectivity index (χ0v) is 14.9. The Morgan fingerprint density at radius 3 is 2.74 bits per heavy atom. The van der Waals surface area contributed by atoms with Crippen molar-refractivity contribution in [3.63, 3.8) is 0 Å². The fourth-order valence-corrected chi connectivity index (χ4v) is 3.00. The van der Waals surface area contributed by atoms with E-state index in [2.05, 4.69) is 22.4 Å². The Morgan fingerprint density at radius 1 is 1.15 bits per heavy atom. The van der Waals surface area contributed by atoms with Crippen LogP contribution >= 0.6 is 0 Å². The summed E-state index contributed by atoms with van der Waals surface area (Å²) in [6.07, 6.45) is 1.65. The number of fused-ring (bicyclic) bond motifs is 1. The zero-order valence-electron chi connectivity index (χ0n) is 14.9. The summed E-state index contributed by atoms with van der Waals surface area (Å²) in [6, 6.07) is 19.3. The van der Waals surface area contributed by atoms with Gasteiger partial charge in [-0.25, -0.2) is 9.78 Å². The minimum atomic E-state index is -0.378. The highest BCUT2D eigenvalue weighted by Gasteiger charge is 2.15. The first-order valence-corrected chi connectivity index (χ1v) is 8.63. The molecule has 1 N–H and O–H groups in total. The molecule has 4 rings (SSSR count). The van der Waals surface area contributed by atoms with E-state index < -0.39 is 0 Å². The van der Waals surface area contributed by atoms with E-state index in [1.165, 1.54) is 7.11 Å². The molecule has 2 aromatic heterocycles. The summed E-state index contributed by atoms with van der Waals surface area (Å²) in [6.45, 7) is 1.18. The molecule has 0 aliphatic heterocycles. The smallest absolute Gasteiger partial charge is 0.337 e. The topological polar surface area (TPSA) is 69.3 Å². The second-order valence-corrected chi connectivity index (χ2v) is 6.14. The molecule has 0 saturated carbocycles. The van der Waals surface area contributed by atoms with Gasteiger partial charge in [-0.2, -0.15) is 0 Å². The number of methoxy groups -OCH3 is 1. The number of rotatable bonds is 6. The second-order valence-electron chi connectivity index (χ2n) is 6.14. The lowest BCUT2D eigenvalue weighted by atomic mass is 10.2. The molecule has 0 aliphatic rings. The lowest BCUT2D eigenvalue weighted by Crippen LogP contribution is -2.08. The van der Waals surface area contributed by atoms with Gasteiger partial charge in [-0.15, -0.1) is 0 Å². The highest BCUT2D eigenvalue weighted by Crippen LogP contribution is 2.23. The van der Waals surface area contributed by atoms with Gasteiger partial charge in [0.05, 0.1) is 36.5 Å². The first kappa shape index (κ1) is 16.9. The van der Waals surface area contributed by atoms with Crippen LogP contribution in [0, 0.1) is 0 Å². The lowest BCUT2D eigenvalue weighted by molar-refractivity contribution is 0.0601. The van der Waals surface area contributed by atoms with Gasteiger partial charge in [0.15, 0.2) is 0 Å². The quantitative estimate of drug-likeness (QED) is 0.524. The van der Waals surface area contributed by atoms with Crippen LogP contribution in [0.1, 0.15) is 21.7 Å². The van der Waals surface area contributed by atoms with Gasteiger partial charge in [-0.3, -0.25) is 0 Å². The number of carbonyl (C=O) groups excluding carboxylic acids is 1. The molecular formula is C21H19N3O3. The van der Waals surface area contributed by atoms with E-state index in [0.717, 1.165) is 22.4 Å². The Balaban J connectivity index is 1.71. The summed E-state index contributed by atoms with van der Waals surface area (Å²) >= 11 is 0. The molecule has 0 bridgehead atoms. The minimum Gasteiger partial charge on any atom is -0.467 e. The van der Waals surface area contributed by atoms with E-state index in [1.54, 1.807) is 18.4 Å². The van der Waals surface area contributed by atoms with E-state index >= 15 is 0 Å². The normalized spacial score (nSPS) is 10.9. The van der Waals surface area contributed by atoms with Crippen molar-refractivity contribution in [3.8, 4) is 0 Å². The molecule has 0 spiro atoms. The number of hydrogen-bond donors (Lipinski definition) is 1. The SMILES string of the molecule is COC(=O)c1ccc2c(c1)nc(NCc1ccccc1)n2Cc1ccco1. The summed E-state index contributed by atoms with van der Waals surface area (Å²) < 4.78 is 12.4.